The molecule has 1 atom stereocenters. The van der Waals surface area contributed by atoms with E-state index in [2.05, 4.69) is 52.4 Å². The molecule has 1 aromatic carbocycles. The summed E-state index contributed by atoms with van der Waals surface area (Å²) in [6.45, 7) is 3.02. The maximum absolute atomic E-state index is 5.22. The number of benzene rings is 1. The Kier molecular flexibility index (Phi) is 5.22. The molecule has 1 aromatic rings. The van der Waals surface area contributed by atoms with Gasteiger partial charge in [-0.3, -0.25) is 0 Å². The van der Waals surface area contributed by atoms with E-state index in [-0.39, 0.29) is 0 Å². The monoisotopic (exact) mass is 311 g/mol. The molecule has 0 heterocycles. The molecule has 1 fully saturated rings. The third-order valence-electron chi connectivity index (χ3n) is 3.79. The highest BCUT2D eigenvalue weighted by Gasteiger charge is 2.31. The van der Waals surface area contributed by atoms with Crippen LogP contribution in [0.2, 0.25) is 0 Å². The minimum absolute atomic E-state index is 0.503. The second-order valence-corrected chi connectivity index (χ2v) is 6.06. The van der Waals surface area contributed by atoms with E-state index < -0.39 is 0 Å². The molecule has 1 unspecified atom stereocenters. The third-order valence-corrected chi connectivity index (χ3v) is 4.28. The average molecular weight is 312 g/mol. The standard InChI is InChI=1S/C15H22BrNO/c1-3-14(10-18-2)17-15-8-12(9-15)11-5-4-6-13(16)7-11/h4-7,12,14-15,17H,3,8-10H2,1-2H3. The zero-order valence-corrected chi connectivity index (χ0v) is 12.7. The summed E-state index contributed by atoms with van der Waals surface area (Å²) in [5.74, 6) is 0.722. The molecule has 2 nitrogen and oxygen atoms in total. The van der Waals surface area contributed by atoms with Gasteiger partial charge in [0.15, 0.2) is 0 Å². The van der Waals surface area contributed by atoms with Gasteiger partial charge in [-0.25, -0.2) is 0 Å². The highest BCUT2D eigenvalue weighted by Crippen LogP contribution is 2.37. The molecule has 0 aliphatic heterocycles. The first-order valence-corrected chi connectivity index (χ1v) is 7.52. The molecular formula is C15H22BrNO. The largest absolute Gasteiger partial charge is 0.383 e. The van der Waals surface area contributed by atoms with E-state index in [1.807, 2.05) is 0 Å². The van der Waals surface area contributed by atoms with E-state index in [0.717, 1.165) is 18.9 Å². The minimum Gasteiger partial charge on any atom is -0.383 e. The summed E-state index contributed by atoms with van der Waals surface area (Å²) in [6.07, 6.45) is 3.62. The molecule has 2 rings (SSSR count). The SMILES string of the molecule is CCC(COC)NC1CC(c2cccc(Br)c2)C1. The van der Waals surface area contributed by atoms with E-state index in [4.69, 9.17) is 4.74 Å². The lowest BCUT2D eigenvalue weighted by molar-refractivity contribution is 0.144. The quantitative estimate of drug-likeness (QED) is 0.864. The Morgan fingerprint density at radius 1 is 1.44 bits per heavy atom. The predicted molar refractivity (Wildman–Crippen MR) is 79.0 cm³/mol. The molecule has 0 saturated heterocycles. The third kappa shape index (κ3) is 3.56. The first-order valence-electron chi connectivity index (χ1n) is 6.73. The van der Waals surface area contributed by atoms with Gasteiger partial charge in [-0.05, 0) is 42.9 Å². The lowest BCUT2D eigenvalue weighted by Gasteiger charge is -2.38. The molecule has 0 amide bonds. The van der Waals surface area contributed by atoms with E-state index in [1.54, 1.807) is 7.11 Å². The summed E-state index contributed by atoms with van der Waals surface area (Å²) >= 11 is 3.54. The summed E-state index contributed by atoms with van der Waals surface area (Å²) < 4.78 is 6.41. The van der Waals surface area contributed by atoms with Crippen LogP contribution in [-0.4, -0.2) is 25.8 Å². The topological polar surface area (TPSA) is 21.3 Å². The van der Waals surface area contributed by atoms with Crippen molar-refractivity contribution in [3.8, 4) is 0 Å². The van der Waals surface area contributed by atoms with Crippen LogP contribution in [0.5, 0.6) is 0 Å². The zero-order valence-electron chi connectivity index (χ0n) is 11.2. The molecule has 1 aliphatic carbocycles. The van der Waals surface area contributed by atoms with Gasteiger partial charge in [0, 0.05) is 23.7 Å². The second-order valence-electron chi connectivity index (χ2n) is 5.15. The van der Waals surface area contributed by atoms with Gasteiger partial charge < -0.3 is 10.1 Å². The Bertz CT molecular complexity index is 377. The predicted octanol–water partition coefficient (Wildman–Crippen LogP) is 3.71. The lowest BCUT2D eigenvalue weighted by atomic mass is 9.75. The van der Waals surface area contributed by atoms with E-state index in [1.165, 1.54) is 22.9 Å². The Morgan fingerprint density at radius 2 is 2.22 bits per heavy atom. The summed E-state index contributed by atoms with van der Waals surface area (Å²) in [7, 11) is 1.77. The fourth-order valence-corrected chi connectivity index (χ4v) is 3.02. The van der Waals surface area contributed by atoms with Gasteiger partial charge in [0.25, 0.3) is 0 Å². The van der Waals surface area contributed by atoms with Crippen LogP contribution in [0.3, 0.4) is 0 Å². The fourth-order valence-electron chi connectivity index (χ4n) is 2.60. The van der Waals surface area contributed by atoms with Gasteiger partial charge in [0.2, 0.25) is 0 Å². The Hall–Kier alpha value is -0.380. The van der Waals surface area contributed by atoms with Gasteiger partial charge in [-0.15, -0.1) is 0 Å². The van der Waals surface area contributed by atoms with Gasteiger partial charge in [0.05, 0.1) is 6.61 Å². The number of hydrogen-bond donors (Lipinski definition) is 1. The Balaban J connectivity index is 1.80. The number of methoxy groups -OCH3 is 1. The van der Waals surface area contributed by atoms with E-state index in [0.29, 0.717) is 12.1 Å². The van der Waals surface area contributed by atoms with Crippen LogP contribution in [0.1, 0.15) is 37.7 Å². The van der Waals surface area contributed by atoms with Crippen molar-refractivity contribution in [1.82, 2.24) is 5.32 Å². The van der Waals surface area contributed by atoms with Crippen molar-refractivity contribution in [3.63, 3.8) is 0 Å². The van der Waals surface area contributed by atoms with Crippen LogP contribution < -0.4 is 5.32 Å². The summed E-state index contributed by atoms with van der Waals surface area (Å²) in [5.41, 5.74) is 1.46. The van der Waals surface area contributed by atoms with Crippen LogP contribution in [0.4, 0.5) is 0 Å². The van der Waals surface area contributed by atoms with Crippen LogP contribution in [0, 0.1) is 0 Å². The maximum Gasteiger partial charge on any atom is 0.0615 e. The maximum atomic E-state index is 5.22. The van der Waals surface area contributed by atoms with Gasteiger partial charge in [-0.2, -0.15) is 0 Å². The van der Waals surface area contributed by atoms with Crippen LogP contribution >= 0.6 is 15.9 Å². The molecule has 0 radical (unpaired) electrons. The highest BCUT2D eigenvalue weighted by atomic mass is 79.9. The second kappa shape index (κ2) is 6.69. The number of ether oxygens (including phenoxy) is 1. The van der Waals surface area contributed by atoms with Gasteiger partial charge >= 0.3 is 0 Å². The molecule has 1 aliphatic rings. The molecule has 100 valence electrons. The summed E-state index contributed by atoms with van der Waals surface area (Å²) in [6, 6.07) is 9.85. The fraction of sp³-hybridized carbons (Fsp3) is 0.600. The summed E-state index contributed by atoms with van der Waals surface area (Å²) in [5, 5.41) is 3.68. The normalized spacial score (nSPS) is 24.6. The molecule has 1 N–H and O–H groups in total. The number of rotatable bonds is 6. The van der Waals surface area contributed by atoms with Crippen molar-refractivity contribution in [1.29, 1.82) is 0 Å². The number of nitrogens with one attached hydrogen (secondary N) is 1. The first-order chi connectivity index (χ1) is 8.72. The molecular weight excluding hydrogens is 290 g/mol. The molecule has 1 saturated carbocycles. The molecule has 0 aromatic heterocycles. The smallest absolute Gasteiger partial charge is 0.0615 e. The highest BCUT2D eigenvalue weighted by molar-refractivity contribution is 9.10. The van der Waals surface area contributed by atoms with Gasteiger partial charge in [0.1, 0.15) is 0 Å². The molecule has 3 heteroatoms. The van der Waals surface area contributed by atoms with E-state index in [9.17, 15) is 0 Å². The Morgan fingerprint density at radius 3 is 2.83 bits per heavy atom. The van der Waals surface area contributed by atoms with Crippen LogP contribution in [0.15, 0.2) is 28.7 Å². The van der Waals surface area contributed by atoms with Gasteiger partial charge in [-0.1, -0.05) is 35.0 Å². The number of halogens is 1. The zero-order chi connectivity index (χ0) is 13.0. The number of hydrogen-bond acceptors (Lipinski definition) is 2. The average Bonchev–Trinajstić information content (AvgIpc) is 2.31. The Labute approximate surface area is 118 Å². The lowest BCUT2D eigenvalue weighted by Crippen LogP contribution is -2.46. The van der Waals surface area contributed by atoms with Crippen molar-refractivity contribution in [2.45, 2.75) is 44.2 Å². The summed E-state index contributed by atoms with van der Waals surface area (Å²) in [4.78, 5) is 0. The van der Waals surface area contributed by atoms with Crippen molar-refractivity contribution < 1.29 is 4.74 Å². The van der Waals surface area contributed by atoms with Crippen molar-refractivity contribution >= 4 is 15.9 Å². The molecule has 18 heavy (non-hydrogen) atoms. The van der Waals surface area contributed by atoms with Crippen molar-refractivity contribution in [3.05, 3.63) is 34.3 Å². The van der Waals surface area contributed by atoms with E-state index >= 15 is 0 Å². The molecule has 0 spiro atoms. The van der Waals surface area contributed by atoms with Crippen LogP contribution in [0.25, 0.3) is 0 Å². The first kappa shape index (κ1) is 14.0. The molecule has 0 bridgehead atoms. The van der Waals surface area contributed by atoms with Crippen molar-refractivity contribution in [2.75, 3.05) is 13.7 Å². The van der Waals surface area contributed by atoms with Crippen molar-refractivity contribution in [2.24, 2.45) is 0 Å². The van der Waals surface area contributed by atoms with Crippen LogP contribution in [-0.2, 0) is 4.74 Å². The minimum atomic E-state index is 0.503.